The molecule has 0 bridgehead atoms. The van der Waals surface area contributed by atoms with E-state index in [1.165, 1.54) is 12.1 Å². The molecule has 0 aromatic heterocycles. The lowest BCUT2D eigenvalue weighted by Crippen LogP contribution is -1.87. The maximum Gasteiger partial charge on any atom is 0.332 e. The Morgan fingerprint density at radius 3 is 2.27 bits per heavy atom. The monoisotopic (exact) mass is 170 g/mol. The summed E-state index contributed by atoms with van der Waals surface area (Å²) >= 11 is 1.56. The highest BCUT2D eigenvalue weighted by Crippen LogP contribution is 2.14. The minimum atomic E-state index is -1.38. The Bertz CT molecular complexity index is 255. The Balaban J connectivity index is 2.91. The number of hydrogen-bond donors (Lipinski definition) is 0. The highest BCUT2D eigenvalue weighted by atomic mass is 32.2. The van der Waals surface area contributed by atoms with E-state index in [1.54, 1.807) is 23.9 Å². The third-order valence-corrected chi connectivity index (χ3v) is 2.06. The summed E-state index contributed by atoms with van der Waals surface area (Å²) < 4.78 is 12.0. The van der Waals surface area contributed by atoms with Gasteiger partial charge in [-0.25, -0.2) is 0 Å². The zero-order valence-electron chi connectivity index (χ0n) is 6.00. The standard InChI is InChI=1S/C8H7FOS/c1-11-7-4-2-6(3-5-7)8(9)10/h2-5H,1H3. The van der Waals surface area contributed by atoms with Crippen LogP contribution in [0.1, 0.15) is 10.4 Å². The second-order valence-electron chi connectivity index (χ2n) is 2.00. The molecule has 0 amide bonds. The molecule has 0 aliphatic heterocycles. The van der Waals surface area contributed by atoms with E-state index in [-0.39, 0.29) is 5.56 Å². The van der Waals surface area contributed by atoms with Gasteiger partial charge in [-0.2, -0.15) is 4.39 Å². The largest absolute Gasteiger partial charge is 0.332 e. The summed E-state index contributed by atoms with van der Waals surface area (Å²) in [6.07, 6.45) is 1.92. The Kier molecular flexibility index (Phi) is 2.65. The molecule has 0 saturated heterocycles. The first-order chi connectivity index (χ1) is 5.24. The van der Waals surface area contributed by atoms with Crippen molar-refractivity contribution in [1.29, 1.82) is 0 Å². The normalized spacial score (nSPS) is 9.64. The molecule has 0 fully saturated rings. The van der Waals surface area contributed by atoms with E-state index in [1.807, 2.05) is 6.26 Å². The molecule has 0 atom stereocenters. The molecular weight excluding hydrogens is 163 g/mol. The van der Waals surface area contributed by atoms with Crippen LogP contribution in [0.3, 0.4) is 0 Å². The number of hydrogen-bond acceptors (Lipinski definition) is 2. The van der Waals surface area contributed by atoms with Crippen molar-refractivity contribution in [2.24, 2.45) is 0 Å². The average Bonchev–Trinajstić information content (AvgIpc) is 2.05. The number of carbonyl (C=O) groups is 1. The van der Waals surface area contributed by atoms with Gasteiger partial charge in [0.2, 0.25) is 0 Å². The first-order valence-electron chi connectivity index (χ1n) is 3.08. The molecule has 0 unspecified atom stereocenters. The number of rotatable bonds is 2. The lowest BCUT2D eigenvalue weighted by molar-refractivity contribution is 0.0836. The molecule has 0 saturated carbocycles. The lowest BCUT2D eigenvalue weighted by atomic mass is 10.2. The summed E-state index contributed by atoms with van der Waals surface area (Å²) in [6, 6.07) is 5.02. The lowest BCUT2D eigenvalue weighted by Gasteiger charge is -1.94. The number of halogens is 1. The van der Waals surface area contributed by atoms with Gasteiger partial charge in [-0.05, 0) is 30.5 Å². The number of benzene rings is 1. The van der Waals surface area contributed by atoms with E-state index in [2.05, 4.69) is 0 Å². The highest BCUT2D eigenvalue weighted by Gasteiger charge is 2.01. The summed E-state index contributed by atoms with van der Waals surface area (Å²) in [6.45, 7) is 0. The minimum absolute atomic E-state index is 0.114. The number of carbonyl (C=O) groups excluding carboxylic acids is 1. The zero-order chi connectivity index (χ0) is 8.27. The van der Waals surface area contributed by atoms with Crippen LogP contribution in [0.25, 0.3) is 0 Å². The van der Waals surface area contributed by atoms with Gasteiger partial charge in [0.1, 0.15) is 0 Å². The molecule has 0 N–H and O–H groups in total. The van der Waals surface area contributed by atoms with Crippen LogP contribution in [0, 0.1) is 0 Å². The third kappa shape index (κ3) is 2.05. The van der Waals surface area contributed by atoms with E-state index in [9.17, 15) is 9.18 Å². The van der Waals surface area contributed by atoms with Crippen molar-refractivity contribution in [3.63, 3.8) is 0 Å². The van der Waals surface area contributed by atoms with Gasteiger partial charge in [0.05, 0.1) is 5.56 Å². The van der Waals surface area contributed by atoms with Gasteiger partial charge in [-0.3, -0.25) is 4.79 Å². The van der Waals surface area contributed by atoms with Crippen LogP contribution < -0.4 is 0 Å². The molecule has 0 aliphatic carbocycles. The Hall–Kier alpha value is -0.830. The van der Waals surface area contributed by atoms with Gasteiger partial charge >= 0.3 is 6.04 Å². The van der Waals surface area contributed by atoms with E-state index >= 15 is 0 Å². The van der Waals surface area contributed by atoms with Crippen molar-refractivity contribution in [3.8, 4) is 0 Å². The van der Waals surface area contributed by atoms with Crippen molar-refractivity contribution >= 4 is 17.8 Å². The summed E-state index contributed by atoms with van der Waals surface area (Å²) in [7, 11) is 0. The van der Waals surface area contributed by atoms with E-state index in [0.717, 1.165) is 4.90 Å². The van der Waals surface area contributed by atoms with E-state index in [4.69, 9.17) is 0 Å². The third-order valence-electron chi connectivity index (χ3n) is 1.32. The van der Waals surface area contributed by atoms with Gasteiger partial charge in [0.25, 0.3) is 0 Å². The van der Waals surface area contributed by atoms with Crippen molar-refractivity contribution in [2.75, 3.05) is 6.26 Å². The molecule has 0 aliphatic rings. The molecule has 0 spiro atoms. The van der Waals surface area contributed by atoms with Gasteiger partial charge in [0, 0.05) is 4.90 Å². The van der Waals surface area contributed by atoms with Crippen LogP contribution in [-0.2, 0) is 0 Å². The molecular formula is C8H7FOS. The summed E-state index contributed by atoms with van der Waals surface area (Å²) in [4.78, 5) is 11.2. The van der Waals surface area contributed by atoms with Gasteiger partial charge in [-0.15, -0.1) is 11.8 Å². The van der Waals surface area contributed by atoms with Crippen molar-refractivity contribution in [1.82, 2.24) is 0 Å². The van der Waals surface area contributed by atoms with Crippen LogP contribution in [0.5, 0.6) is 0 Å². The number of thioether (sulfide) groups is 1. The van der Waals surface area contributed by atoms with E-state index < -0.39 is 6.04 Å². The maximum atomic E-state index is 12.0. The quantitative estimate of drug-likeness (QED) is 0.501. The molecule has 1 rings (SSSR count). The fraction of sp³-hybridized carbons (Fsp3) is 0.125. The second kappa shape index (κ2) is 3.53. The summed E-state index contributed by atoms with van der Waals surface area (Å²) in [5.41, 5.74) is 0.114. The average molecular weight is 170 g/mol. The Morgan fingerprint density at radius 1 is 1.36 bits per heavy atom. The molecule has 1 aromatic carbocycles. The second-order valence-corrected chi connectivity index (χ2v) is 2.88. The molecule has 58 valence electrons. The summed E-state index contributed by atoms with van der Waals surface area (Å²) in [5, 5.41) is 0. The maximum absolute atomic E-state index is 12.0. The van der Waals surface area contributed by atoms with Crippen LogP contribution in [0.4, 0.5) is 4.39 Å². The summed E-state index contributed by atoms with van der Waals surface area (Å²) in [5.74, 6) is 0. The van der Waals surface area contributed by atoms with Gasteiger partial charge < -0.3 is 0 Å². The van der Waals surface area contributed by atoms with Gasteiger partial charge in [0.15, 0.2) is 0 Å². The van der Waals surface area contributed by atoms with Crippen LogP contribution in [-0.4, -0.2) is 12.3 Å². The minimum Gasteiger partial charge on any atom is -0.255 e. The molecule has 1 aromatic rings. The predicted octanol–water partition coefficient (Wildman–Crippen LogP) is 2.52. The van der Waals surface area contributed by atoms with Crippen LogP contribution in [0.2, 0.25) is 0 Å². The van der Waals surface area contributed by atoms with E-state index in [0.29, 0.717) is 0 Å². The molecule has 0 radical (unpaired) electrons. The zero-order valence-corrected chi connectivity index (χ0v) is 6.82. The van der Waals surface area contributed by atoms with Crippen LogP contribution >= 0.6 is 11.8 Å². The predicted molar refractivity (Wildman–Crippen MR) is 43.7 cm³/mol. The first-order valence-corrected chi connectivity index (χ1v) is 4.30. The van der Waals surface area contributed by atoms with Crippen molar-refractivity contribution in [2.45, 2.75) is 4.90 Å². The molecule has 0 heterocycles. The molecule has 3 heteroatoms. The fourth-order valence-electron chi connectivity index (χ4n) is 0.722. The fourth-order valence-corrected chi connectivity index (χ4v) is 1.13. The Morgan fingerprint density at radius 2 is 1.91 bits per heavy atom. The smallest absolute Gasteiger partial charge is 0.255 e. The van der Waals surface area contributed by atoms with Crippen molar-refractivity contribution in [3.05, 3.63) is 29.8 Å². The highest BCUT2D eigenvalue weighted by molar-refractivity contribution is 7.98. The molecule has 11 heavy (non-hydrogen) atoms. The topological polar surface area (TPSA) is 17.1 Å². The first kappa shape index (κ1) is 8.27. The van der Waals surface area contributed by atoms with Crippen LogP contribution in [0.15, 0.2) is 29.2 Å². The van der Waals surface area contributed by atoms with Crippen molar-refractivity contribution < 1.29 is 9.18 Å². The SMILES string of the molecule is CSc1ccc(C(=O)F)cc1. The Labute approximate surface area is 68.6 Å². The van der Waals surface area contributed by atoms with Gasteiger partial charge in [-0.1, -0.05) is 0 Å². The molecule has 1 nitrogen and oxygen atoms in total.